The molecule has 0 bridgehead atoms. The fourth-order valence-electron chi connectivity index (χ4n) is 3.64. The molecule has 16 heavy (non-hydrogen) atoms. The maximum atomic E-state index is 10.9. The van der Waals surface area contributed by atoms with Crippen LogP contribution in [0.4, 0.5) is 0 Å². The summed E-state index contributed by atoms with van der Waals surface area (Å²) in [5.41, 5.74) is 0. The van der Waals surface area contributed by atoms with E-state index in [1.165, 1.54) is 38.5 Å². The van der Waals surface area contributed by atoms with Gasteiger partial charge in [-0.15, -0.1) is 0 Å². The Hall–Kier alpha value is -0.370. The number of hydrogen-bond acceptors (Lipinski definition) is 2. The molecule has 0 unspecified atom stereocenters. The Labute approximate surface area is 99.4 Å². The number of rotatable bonds is 3. The average Bonchev–Trinajstić information content (AvgIpc) is 2.75. The molecule has 0 aromatic rings. The first kappa shape index (κ1) is 12.1. The van der Waals surface area contributed by atoms with Crippen LogP contribution in [0.5, 0.6) is 0 Å². The molecule has 2 fully saturated rings. The van der Waals surface area contributed by atoms with Crippen LogP contribution in [0.1, 0.15) is 52.4 Å². The number of piperidine rings is 1. The Kier molecular flexibility index (Phi) is 4.01. The van der Waals surface area contributed by atoms with Crippen LogP contribution >= 0.6 is 0 Å². The van der Waals surface area contributed by atoms with Crippen LogP contribution < -0.4 is 0 Å². The van der Waals surface area contributed by atoms with Crippen molar-refractivity contribution in [2.24, 2.45) is 11.8 Å². The van der Waals surface area contributed by atoms with Gasteiger partial charge in [0.1, 0.15) is 6.29 Å². The minimum atomic E-state index is 0.310. The van der Waals surface area contributed by atoms with Gasteiger partial charge >= 0.3 is 0 Å². The van der Waals surface area contributed by atoms with Gasteiger partial charge in [-0.1, -0.05) is 12.8 Å². The zero-order valence-corrected chi connectivity index (χ0v) is 10.7. The van der Waals surface area contributed by atoms with Crippen LogP contribution in [-0.2, 0) is 4.79 Å². The third kappa shape index (κ3) is 2.65. The molecule has 2 atom stereocenters. The van der Waals surface area contributed by atoms with E-state index >= 15 is 0 Å². The van der Waals surface area contributed by atoms with E-state index in [0.29, 0.717) is 18.0 Å². The topological polar surface area (TPSA) is 20.3 Å². The van der Waals surface area contributed by atoms with Gasteiger partial charge in [-0.25, -0.2) is 0 Å². The molecule has 1 heterocycles. The number of carbonyl (C=O) groups is 1. The highest BCUT2D eigenvalue weighted by Crippen LogP contribution is 2.31. The summed E-state index contributed by atoms with van der Waals surface area (Å²) < 4.78 is 0. The summed E-state index contributed by atoms with van der Waals surface area (Å²) in [6.07, 6.45) is 9.01. The number of likely N-dealkylation sites (tertiary alicyclic amines) is 1. The van der Waals surface area contributed by atoms with Crippen molar-refractivity contribution in [3.63, 3.8) is 0 Å². The number of hydrogen-bond donors (Lipinski definition) is 0. The van der Waals surface area contributed by atoms with Crippen LogP contribution in [0.15, 0.2) is 0 Å². The first-order valence-corrected chi connectivity index (χ1v) is 6.91. The molecular formula is C14H25NO. The summed E-state index contributed by atoms with van der Waals surface area (Å²) in [5.74, 6) is 1.24. The van der Waals surface area contributed by atoms with Gasteiger partial charge in [0.05, 0.1) is 0 Å². The van der Waals surface area contributed by atoms with Gasteiger partial charge < -0.3 is 4.79 Å². The van der Waals surface area contributed by atoms with Crippen molar-refractivity contribution < 1.29 is 4.79 Å². The lowest BCUT2D eigenvalue weighted by molar-refractivity contribution is -0.113. The molecule has 1 aliphatic carbocycles. The maximum absolute atomic E-state index is 10.9. The van der Waals surface area contributed by atoms with Crippen LogP contribution in [0.25, 0.3) is 0 Å². The van der Waals surface area contributed by atoms with Crippen molar-refractivity contribution in [1.82, 2.24) is 4.90 Å². The average molecular weight is 223 g/mol. The number of nitrogens with zero attached hydrogens (tertiary/aromatic N) is 1. The van der Waals surface area contributed by atoms with Crippen LogP contribution in [0.3, 0.4) is 0 Å². The molecule has 92 valence electrons. The van der Waals surface area contributed by atoms with Gasteiger partial charge in [0.15, 0.2) is 0 Å². The molecule has 0 amide bonds. The van der Waals surface area contributed by atoms with Crippen LogP contribution in [0, 0.1) is 11.8 Å². The molecule has 0 radical (unpaired) electrons. The van der Waals surface area contributed by atoms with Crippen molar-refractivity contribution in [2.75, 3.05) is 6.54 Å². The summed E-state index contributed by atoms with van der Waals surface area (Å²) in [6, 6.07) is 1.19. The van der Waals surface area contributed by atoms with E-state index in [9.17, 15) is 4.79 Å². The first-order valence-electron chi connectivity index (χ1n) is 6.91. The Bertz CT molecular complexity index is 223. The molecule has 0 aromatic heterocycles. The second-order valence-corrected chi connectivity index (χ2v) is 5.91. The minimum Gasteiger partial charge on any atom is -0.303 e. The SMILES string of the molecule is C[C@@H]1CC(C=O)C[C@@H](C)N1CC1CCCC1. The third-order valence-electron chi connectivity index (χ3n) is 4.56. The lowest BCUT2D eigenvalue weighted by Gasteiger charge is -2.42. The summed E-state index contributed by atoms with van der Waals surface area (Å²) in [7, 11) is 0. The second-order valence-electron chi connectivity index (χ2n) is 5.91. The molecule has 2 nitrogen and oxygen atoms in total. The Balaban J connectivity index is 1.90. The Morgan fingerprint density at radius 1 is 1.12 bits per heavy atom. The first-order chi connectivity index (χ1) is 7.70. The molecular weight excluding hydrogens is 198 g/mol. The van der Waals surface area contributed by atoms with Crippen molar-refractivity contribution in [2.45, 2.75) is 64.5 Å². The Morgan fingerprint density at radius 3 is 2.19 bits per heavy atom. The van der Waals surface area contributed by atoms with E-state index in [0.717, 1.165) is 18.8 Å². The van der Waals surface area contributed by atoms with Gasteiger partial charge in [0.25, 0.3) is 0 Å². The van der Waals surface area contributed by atoms with E-state index in [-0.39, 0.29) is 0 Å². The van der Waals surface area contributed by atoms with Crippen molar-refractivity contribution in [3.05, 3.63) is 0 Å². The van der Waals surface area contributed by atoms with E-state index in [1.807, 2.05) is 0 Å². The number of aldehydes is 1. The fraction of sp³-hybridized carbons (Fsp3) is 0.929. The van der Waals surface area contributed by atoms with Gasteiger partial charge in [-0.3, -0.25) is 4.90 Å². The van der Waals surface area contributed by atoms with E-state index in [1.54, 1.807) is 0 Å². The van der Waals surface area contributed by atoms with Gasteiger partial charge in [0.2, 0.25) is 0 Å². The summed E-state index contributed by atoms with van der Waals surface area (Å²) in [5, 5.41) is 0. The van der Waals surface area contributed by atoms with Gasteiger partial charge in [-0.05, 0) is 45.4 Å². The Morgan fingerprint density at radius 2 is 1.69 bits per heavy atom. The monoisotopic (exact) mass is 223 g/mol. The normalized spacial score (nSPS) is 37.8. The molecule has 1 saturated heterocycles. The highest BCUT2D eigenvalue weighted by atomic mass is 16.1. The molecule has 2 heteroatoms. The maximum Gasteiger partial charge on any atom is 0.123 e. The van der Waals surface area contributed by atoms with Gasteiger partial charge in [0, 0.05) is 24.5 Å². The fourth-order valence-corrected chi connectivity index (χ4v) is 3.64. The second kappa shape index (κ2) is 5.31. The van der Waals surface area contributed by atoms with E-state index < -0.39 is 0 Å². The molecule has 2 aliphatic rings. The summed E-state index contributed by atoms with van der Waals surface area (Å²) in [4.78, 5) is 13.5. The minimum absolute atomic E-state index is 0.310. The molecule has 2 rings (SSSR count). The number of carbonyl (C=O) groups excluding carboxylic acids is 1. The quantitative estimate of drug-likeness (QED) is 0.686. The smallest absolute Gasteiger partial charge is 0.123 e. The van der Waals surface area contributed by atoms with Crippen molar-refractivity contribution in [1.29, 1.82) is 0 Å². The lowest BCUT2D eigenvalue weighted by atomic mass is 9.87. The molecule has 1 aliphatic heterocycles. The highest BCUT2D eigenvalue weighted by Gasteiger charge is 2.32. The van der Waals surface area contributed by atoms with Gasteiger partial charge in [-0.2, -0.15) is 0 Å². The zero-order valence-electron chi connectivity index (χ0n) is 10.7. The van der Waals surface area contributed by atoms with Crippen LogP contribution in [-0.4, -0.2) is 29.8 Å². The van der Waals surface area contributed by atoms with Crippen molar-refractivity contribution in [3.8, 4) is 0 Å². The predicted molar refractivity (Wildman–Crippen MR) is 66.4 cm³/mol. The lowest BCUT2D eigenvalue weighted by Crippen LogP contribution is -2.48. The predicted octanol–water partition coefficient (Wildman–Crippen LogP) is 2.86. The van der Waals surface area contributed by atoms with Crippen molar-refractivity contribution >= 4 is 6.29 Å². The molecule has 0 N–H and O–H groups in total. The largest absolute Gasteiger partial charge is 0.303 e. The molecule has 1 saturated carbocycles. The zero-order chi connectivity index (χ0) is 11.5. The molecule has 0 aromatic carbocycles. The van der Waals surface area contributed by atoms with E-state index in [2.05, 4.69) is 18.7 Å². The standard InChI is InChI=1S/C14H25NO/c1-11-7-14(10-16)8-12(2)15(11)9-13-5-3-4-6-13/h10-14H,3-9H2,1-2H3/t11-,12-/m1/s1. The molecule has 0 spiro atoms. The summed E-state index contributed by atoms with van der Waals surface area (Å²) >= 11 is 0. The highest BCUT2D eigenvalue weighted by molar-refractivity contribution is 5.53. The van der Waals surface area contributed by atoms with Crippen LogP contribution in [0.2, 0.25) is 0 Å². The van der Waals surface area contributed by atoms with E-state index in [4.69, 9.17) is 0 Å². The summed E-state index contributed by atoms with van der Waals surface area (Å²) in [6.45, 7) is 5.86. The third-order valence-corrected chi connectivity index (χ3v) is 4.56.